The van der Waals surface area contributed by atoms with E-state index in [2.05, 4.69) is 32.0 Å². The Bertz CT molecular complexity index is 561. The normalized spacial score (nSPS) is 12.2. The number of hydrogen-bond donors (Lipinski definition) is 1. The molecular formula is C17H21NO. The molecule has 0 spiro atoms. The van der Waals surface area contributed by atoms with Gasteiger partial charge in [0.05, 0.1) is 0 Å². The molecular weight excluding hydrogens is 234 g/mol. The van der Waals surface area contributed by atoms with Gasteiger partial charge in [0.25, 0.3) is 0 Å². The van der Waals surface area contributed by atoms with Gasteiger partial charge >= 0.3 is 0 Å². The van der Waals surface area contributed by atoms with Crippen LogP contribution in [0.1, 0.15) is 35.2 Å². The Morgan fingerprint density at radius 3 is 2.42 bits per heavy atom. The fraction of sp³-hybridized carbons (Fsp3) is 0.294. The second-order valence-electron chi connectivity index (χ2n) is 5.03. The molecule has 0 saturated heterocycles. The topological polar surface area (TPSA) is 35.2 Å². The highest BCUT2D eigenvalue weighted by molar-refractivity contribution is 5.37. The lowest BCUT2D eigenvalue weighted by Crippen LogP contribution is -2.05. The minimum absolute atomic E-state index is 0.0594. The molecule has 0 saturated carbocycles. The number of rotatable bonds is 4. The van der Waals surface area contributed by atoms with E-state index >= 15 is 0 Å². The van der Waals surface area contributed by atoms with Crippen molar-refractivity contribution in [1.82, 2.24) is 0 Å². The SMILES string of the molecule is Cc1ccccc1COc1ccc([C@H](C)N)cc1C. The summed E-state index contributed by atoms with van der Waals surface area (Å²) < 4.78 is 5.90. The van der Waals surface area contributed by atoms with Gasteiger partial charge in [-0.25, -0.2) is 0 Å². The van der Waals surface area contributed by atoms with Crippen molar-refractivity contribution in [2.45, 2.75) is 33.4 Å². The van der Waals surface area contributed by atoms with Crippen molar-refractivity contribution in [3.63, 3.8) is 0 Å². The van der Waals surface area contributed by atoms with Crippen molar-refractivity contribution < 1.29 is 4.74 Å². The van der Waals surface area contributed by atoms with Crippen LogP contribution in [0.25, 0.3) is 0 Å². The van der Waals surface area contributed by atoms with Crippen LogP contribution in [0, 0.1) is 13.8 Å². The van der Waals surface area contributed by atoms with E-state index in [1.54, 1.807) is 0 Å². The van der Waals surface area contributed by atoms with Crippen LogP contribution in [-0.2, 0) is 6.61 Å². The van der Waals surface area contributed by atoms with Crippen molar-refractivity contribution in [3.05, 3.63) is 64.7 Å². The van der Waals surface area contributed by atoms with Crippen LogP contribution >= 0.6 is 0 Å². The molecule has 2 aromatic carbocycles. The fourth-order valence-corrected chi connectivity index (χ4v) is 2.05. The quantitative estimate of drug-likeness (QED) is 0.899. The Morgan fingerprint density at radius 1 is 1.05 bits per heavy atom. The molecule has 2 N–H and O–H groups in total. The predicted octanol–water partition coefficient (Wildman–Crippen LogP) is 3.90. The Balaban J connectivity index is 2.10. The number of hydrogen-bond acceptors (Lipinski definition) is 2. The summed E-state index contributed by atoms with van der Waals surface area (Å²) in [7, 11) is 0. The summed E-state index contributed by atoms with van der Waals surface area (Å²) in [5.74, 6) is 0.924. The first kappa shape index (κ1) is 13.6. The third-order valence-electron chi connectivity index (χ3n) is 3.37. The van der Waals surface area contributed by atoms with E-state index in [4.69, 9.17) is 10.5 Å². The van der Waals surface area contributed by atoms with E-state index in [0.717, 1.165) is 16.9 Å². The molecule has 0 amide bonds. The van der Waals surface area contributed by atoms with Crippen LogP contribution < -0.4 is 10.5 Å². The zero-order chi connectivity index (χ0) is 13.8. The minimum atomic E-state index is 0.0594. The Hall–Kier alpha value is -1.80. The van der Waals surface area contributed by atoms with E-state index in [-0.39, 0.29) is 6.04 Å². The van der Waals surface area contributed by atoms with Crippen LogP contribution in [-0.4, -0.2) is 0 Å². The fourth-order valence-electron chi connectivity index (χ4n) is 2.05. The number of ether oxygens (including phenoxy) is 1. The van der Waals surface area contributed by atoms with Gasteiger partial charge in [-0.05, 0) is 49.1 Å². The number of benzene rings is 2. The first-order valence-electron chi connectivity index (χ1n) is 6.61. The second kappa shape index (κ2) is 5.89. The van der Waals surface area contributed by atoms with Gasteiger partial charge in [-0.2, -0.15) is 0 Å². The molecule has 2 heteroatoms. The molecule has 0 aromatic heterocycles. The van der Waals surface area contributed by atoms with E-state index in [1.165, 1.54) is 11.1 Å². The average Bonchev–Trinajstić information content (AvgIpc) is 2.39. The minimum Gasteiger partial charge on any atom is -0.489 e. The highest BCUT2D eigenvalue weighted by Gasteiger charge is 2.05. The summed E-state index contributed by atoms with van der Waals surface area (Å²) in [6.07, 6.45) is 0. The van der Waals surface area contributed by atoms with Gasteiger partial charge in [-0.1, -0.05) is 36.4 Å². The number of aryl methyl sites for hydroxylation is 2. The van der Waals surface area contributed by atoms with Crippen molar-refractivity contribution in [3.8, 4) is 5.75 Å². The van der Waals surface area contributed by atoms with Crippen LogP contribution in [0.3, 0.4) is 0 Å². The Kier molecular flexibility index (Phi) is 4.23. The predicted molar refractivity (Wildman–Crippen MR) is 79.3 cm³/mol. The van der Waals surface area contributed by atoms with Crippen LogP contribution in [0.15, 0.2) is 42.5 Å². The van der Waals surface area contributed by atoms with Gasteiger partial charge in [-0.15, -0.1) is 0 Å². The van der Waals surface area contributed by atoms with Gasteiger partial charge in [0.1, 0.15) is 12.4 Å². The van der Waals surface area contributed by atoms with Crippen LogP contribution in [0.5, 0.6) is 5.75 Å². The van der Waals surface area contributed by atoms with Gasteiger partial charge in [0, 0.05) is 6.04 Å². The molecule has 0 bridgehead atoms. The van der Waals surface area contributed by atoms with Crippen LogP contribution in [0.4, 0.5) is 0 Å². The molecule has 0 aliphatic rings. The van der Waals surface area contributed by atoms with Gasteiger partial charge in [0.2, 0.25) is 0 Å². The largest absolute Gasteiger partial charge is 0.489 e. The zero-order valence-corrected chi connectivity index (χ0v) is 11.8. The third kappa shape index (κ3) is 3.36. The number of nitrogens with two attached hydrogens (primary N) is 1. The smallest absolute Gasteiger partial charge is 0.122 e. The van der Waals surface area contributed by atoms with Crippen molar-refractivity contribution in [2.24, 2.45) is 5.73 Å². The summed E-state index contributed by atoms with van der Waals surface area (Å²) >= 11 is 0. The highest BCUT2D eigenvalue weighted by atomic mass is 16.5. The maximum Gasteiger partial charge on any atom is 0.122 e. The van der Waals surface area contributed by atoms with Crippen LogP contribution in [0.2, 0.25) is 0 Å². The molecule has 2 nitrogen and oxygen atoms in total. The maximum atomic E-state index is 5.90. The lowest BCUT2D eigenvalue weighted by molar-refractivity contribution is 0.303. The molecule has 1 atom stereocenters. The van der Waals surface area contributed by atoms with E-state index in [9.17, 15) is 0 Å². The molecule has 0 aliphatic carbocycles. The van der Waals surface area contributed by atoms with Gasteiger partial charge < -0.3 is 10.5 Å². The van der Waals surface area contributed by atoms with Gasteiger partial charge in [0.15, 0.2) is 0 Å². The van der Waals surface area contributed by atoms with E-state index in [1.807, 2.05) is 31.2 Å². The zero-order valence-electron chi connectivity index (χ0n) is 11.8. The summed E-state index contributed by atoms with van der Waals surface area (Å²) in [4.78, 5) is 0. The molecule has 0 aliphatic heterocycles. The second-order valence-corrected chi connectivity index (χ2v) is 5.03. The van der Waals surface area contributed by atoms with Crippen molar-refractivity contribution >= 4 is 0 Å². The van der Waals surface area contributed by atoms with Gasteiger partial charge in [-0.3, -0.25) is 0 Å². The molecule has 0 heterocycles. The molecule has 19 heavy (non-hydrogen) atoms. The Labute approximate surface area is 115 Å². The highest BCUT2D eigenvalue weighted by Crippen LogP contribution is 2.23. The molecule has 2 aromatic rings. The average molecular weight is 255 g/mol. The third-order valence-corrected chi connectivity index (χ3v) is 3.37. The lowest BCUT2D eigenvalue weighted by atomic mass is 10.1. The molecule has 0 unspecified atom stereocenters. The van der Waals surface area contributed by atoms with E-state index in [0.29, 0.717) is 6.61 Å². The summed E-state index contributed by atoms with van der Waals surface area (Å²) in [5, 5.41) is 0. The molecule has 2 rings (SSSR count). The first-order chi connectivity index (χ1) is 9.08. The van der Waals surface area contributed by atoms with Crippen molar-refractivity contribution in [2.75, 3.05) is 0 Å². The maximum absolute atomic E-state index is 5.90. The van der Waals surface area contributed by atoms with E-state index < -0.39 is 0 Å². The molecule has 0 radical (unpaired) electrons. The monoisotopic (exact) mass is 255 g/mol. The summed E-state index contributed by atoms with van der Waals surface area (Å²) in [5.41, 5.74) is 10.6. The summed E-state index contributed by atoms with van der Waals surface area (Å²) in [6.45, 7) is 6.75. The molecule has 100 valence electrons. The first-order valence-corrected chi connectivity index (χ1v) is 6.61. The standard InChI is InChI=1S/C17H21NO/c1-12-6-4-5-7-16(12)11-19-17-9-8-15(14(3)18)10-13(17)2/h4-10,14H,11,18H2,1-3H3/t14-/m0/s1. The Morgan fingerprint density at radius 2 is 1.79 bits per heavy atom. The van der Waals surface area contributed by atoms with Crippen molar-refractivity contribution in [1.29, 1.82) is 0 Å². The lowest BCUT2D eigenvalue weighted by Gasteiger charge is -2.13. The summed E-state index contributed by atoms with van der Waals surface area (Å²) in [6, 6.07) is 14.5. The molecule has 0 fully saturated rings.